The lowest BCUT2D eigenvalue weighted by Crippen LogP contribution is -2.33. The number of nitrogens with zero attached hydrogens (tertiary/aromatic N) is 3. The van der Waals surface area contributed by atoms with Crippen molar-refractivity contribution < 1.29 is 19.3 Å². The monoisotopic (exact) mass is 572 g/mol. The van der Waals surface area contributed by atoms with E-state index in [0.29, 0.717) is 15.6 Å². The Bertz CT molecular complexity index is 1700. The van der Waals surface area contributed by atoms with Gasteiger partial charge in [-0.15, -0.1) is 0 Å². The number of imide groups is 1. The number of nitrogens with one attached hydrogen (secondary N) is 1. The minimum Gasteiger partial charge on any atom is -0.325 e. The smallest absolute Gasteiger partial charge is 0.308 e. The Kier molecular flexibility index (Phi) is 6.56. The number of rotatable bonds is 6. The first-order valence-electron chi connectivity index (χ1n) is 12.3. The van der Waals surface area contributed by atoms with Crippen LogP contribution in [0.1, 0.15) is 16.4 Å². The molecule has 0 unspecified atom stereocenters. The van der Waals surface area contributed by atoms with Gasteiger partial charge in [0.05, 0.1) is 21.6 Å². The van der Waals surface area contributed by atoms with Gasteiger partial charge in [-0.3, -0.25) is 33.9 Å². The number of nitro groups is 1. The highest BCUT2D eigenvalue weighted by molar-refractivity contribution is 8.00. The van der Waals surface area contributed by atoms with Gasteiger partial charge in [-0.05, 0) is 29.8 Å². The van der Waals surface area contributed by atoms with Gasteiger partial charge in [0.15, 0.2) is 0 Å². The molecule has 1 fully saturated rings. The van der Waals surface area contributed by atoms with Crippen molar-refractivity contribution in [2.45, 2.75) is 22.7 Å². The maximum atomic E-state index is 13.8. The van der Waals surface area contributed by atoms with Crippen LogP contribution >= 0.6 is 23.1 Å². The summed E-state index contributed by atoms with van der Waals surface area (Å²) in [7, 11) is 0. The standard InChI is InChI=1S/C28H20N4O6S2/c33-20(29-17-9-5-2-6-10-17)15-30-27-24(40-28(30)36)21(16-7-3-1-4-8-16)22-23(39-27)26(35)31(25(22)34)18-11-13-19(14-12-18)32(37)38/h1-14,21-23H,15H2,(H,29,33)/t21-,22+,23-/m0/s1. The van der Waals surface area contributed by atoms with E-state index in [2.05, 4.69) is 5.32 Å². The van der Waals surface area contributed by atoms with E-state index in [9.17, 15) is 29.3 Å². The first-order valence-corrected chi connectivity index (χ1v) is 14.0. The summed E-state index contributed by atoms with van der Waals surface area (Å²) in [5.74, 6) is -2.69. The first-order chi connectivity index (χ1) is 19.3. The minimum atomic E-state index is -0.849. The molecule has 6 rings (SSSR count). The molecule has 200 valence electrons. The number of fused-ring (bicyclic) bond motifs is 2. The topological polar surface area (TPSA) is 132 Å². The Labute approximate surface area is 235 Å². The van der Waals surface area contributed by atoms with Crippen LogP contribution in [0.2, 0.25) is 0 Å². The highest BCUT2D eigenvalue weighted by Gasteiger charge is 2.56. The number of carbonyl (C=O) groups is 3. The SMILES string of the molecule is O=C(Cn1c2c(sc1=O)[C@@H](c1ccccc1)[C@H]1C(=O)N(c3ccc([N+](=O)[O-])cc3)C(=O)[C@H]1S2)Nc1ccccc1. The second-order valence-electron chi connectivity index (χ2n) is 9.28. The van der Waals surface area contributed by atoms with Crippen LogP contribution in [0.15, 0.2) is 94.7 Å². The van der Waals surface area contributed by atoms with E-state index in [1.54, 1.807) is 24.3 Å². The molecule has 4 aromatic rings. The quantitative estimate of drug-likeness (QED) is 0.208. The summed E-state index contributed by atoms with van der Waals surface area (Å²) in [6, 6.07) is 23.3. The van der Waals surface area contributed by atoms with Crippen molar-refractivity contribution in [3.8, 4) is 0 Å². The zero-order chi connectivity index (χ0) is 28.0. The van der Waals surface area contributed by atoms with Crippen molar-refractivity contribution in [1.82, 2.24) is 4.57 Å². The number of anilines is 2. The second kappa shape index (κ2) is 10.2. The first kappa shape index (κ1) is 25.7. The average Bonchev–Trinajstić information content (AvgIpc) is 3.40. The van der Waals surface area contributed by atoms with Gasteiger partial charge in [0.1, 0.15) is 11.8 Å². The maximum absolute atomic E-state index is 13.8. The summed E-state index contributed by atoms with van der Waals surface area (Å²) in [5, 5.41) is 13.5. The second-order valence-corrected chi connectivity index (χ2v) is 11.4. The molecule has 3 heterocycles. The Hall–Kier alpha value is -4.55. The fourth-order valence-electron chi connectivity index (χ4n) is 5.12. The van der Waals surface area contributed by atoms with Gasteiger partial charge in [-0.25, -0.2) is 4.90 Å². The number of amides is 3. The fourth-order valence-corrected chi connectivity index (χ4v) is 7.89. The van der Waals surface area contributed by atoms with Crippen LogP contribution in [0, 0.1) is 16.0 Å². The van der Waals surface area contributed by atoms with Gasteiger partial charge in [-0.2, -0.15) is 0 Å². The molecule has 3 atom stereocenters. The molecule has 3 aromatic carbocycles. The van der Waals surface area contributed by atoms with Crippen molar-refractivity contribution >= 4 is 57.9 Å². The zero-order valence-electron chi connectivity index (χ0n) is 20.6. The number of hydrogen-bond acceptors (Lipinski definition) is 8. The molecule has 2 aliphatic rings. The highest BCUT2D eigenvalue weighted by Crippen LogP contribution is 2.53. The summed E-state index contributed by atoms with van der Waals surface area (Å²) in [6.45, 7) is -0.250. The number of thioether (sulfide) groups is 1. The van der Waals surface area contributed by atoms with E-state index in [-0.39, 0.29) is 22.8 Å². The predicted molar refractivity (Wildman–Crippen MR) is 151 cm³/mol. The Balaban J connectivity index is 1.39. The van der Waals surface area contributed by atoms with Crippen LogP contribution in [0.25, 0.3) is 0 Å². The maximum Gasteiger partial charge on any atom is 0.308 e. The van der Waals surface area contributed by atoms with Crippen LogP contribution in [-0.2, 0) is 20.9 Å². The molecule has 3 amide bonds. The third-order valence-corrected chi connectivity index (χ3v) is 9.49. The third-order valence-electron chi connectivity index (χ3n) is 6.89. The molecule has 0 saturated carbocycles. The molecule has 10 nitrogen and oxygen atoms in total. The number of aromatic nitrogens is 1. The lowest BCUT2D eigenvalue weighted by molar-refractivity contribution is -0.384. The molecular formula is C28H20N4O6S2. The number of hydrogen-bond donors (Lipinski definition) is 1. The predicted octanol–water partition coefficient (Wildman–Crippen LogP) is 4.25. The van der Waals surface area contributed by atoms with Crippen molar-refractivity contribution in [2.24, 2.45) is 5.92 Å². The minimum absolute atomic E-state index is 0.156. The molecular weight excluding hydrogens is 552 g/mol. The molecule has 1 saturated heterocycles. The lowest BCUT2D eigenvalue weighted by Gasteiger charge is -2.30. The van der Waals surface area contributed by atoms with E-state index in [1.165, 1.54) is 28.8 Å². The Morgan fingerprint density at radius 2 is 1.55 bits per heavy atom. The third kappa shape index (κ3) is 4.40. The van der Waals surface area contributed by atoms with Crippen molar-refractivity contribution in [2.75, 3.05) is 10.2 Å². The van der Waals surface area contributed by atoms with E-state index >= 15 is 0 Å². The number of non-ortho nitro benzene ring substituents is 1. The fraction of sp³-hybridized carbons (Fsp3) is 0.143. The number of benzene rings is 3. The molecule has 0 radical (unpaired) electrons. The summed E-state index contributed by atoms with van der Waals surface area (Å²) >= 11 is 2.09. The molecule has 0 spiro atoms. The Morgan fingerprint density at radius 3 is 2.20 bits per heavy atom. The summed E-state index contributed by atoms with van der Waals surface area (Å²) < 4.78 is 1.36. The van der Waals surface area contributed by atoms with Crippen molar-refractivity contribution in [1.29, 1.82) is 0 Å². The molecule has 2 aliphatic heterocycles. The molecule has 0 bridgehead atoms. The van der Waals surface area contributed by atoms with Crippen LogP contribution in [0.3, 0.4) is 0 Å². The van der Waals surface area contributed by atoms with Gasteiger partial charge in [0, 0.05) is 28.6 Å². The van der Waals surface area contributed by atoms with Crippen LogP contribution < -0.4 is 15.1 Å². The number of nitro benzene ring substituents is 1. The van der Waals surface area contributed by atoms with E-state index in [1.807, 2.05) is 36.4 Å². The molecule has 0 aliphatic carbocycles. The van der Waals surface area contributed by atoms with Crippen molar-refractivity contribution in [3.63, 3.8) is 0 Å². The normalized spacial score (nSPS) is 19.7. The highest BCUT2D eigenvalue weighted by atomic mass is 32.2. The van der Waals surface area contributed by atoms with Crippen LogP contribution in [-0.4, -0.2) is 32.5 Å². The number of para-hydroxylation sites is 1. The molecule has 1 N–H and O–H groups in total. The largest absolute Gasteiger partial charge is 0.325 e. The molecule has 40 heavy (non-hydrogen) atoms. The average molecular weight is 573 g/mol. The van der Waals surface area contributed by atoms with E-state index in [0.717, 1.165) is 33.6 Å². The van der Waals surface area contributed by atoms with Gasteiger partial charge < -0.3 is 5.32 Å². The van der Waals surface area contributed by atoms with Gasteiger partial charge in [0.2, 0.25) is 17.7 Å². The molecule has 12 heteroatoms. The molecule has 1 aromatic heterocycles. The Morgan fingerprint density at radius 1 is 0.900 bits per heavy atom. The van der Waals surface area contributed by atoms with E-state index < -0.39 is 39.7 Å². The van der Waals surface area contributed by atoms with Crippen LogP contribution in [0.5, 0.6) is 0 Å². The summed E-state index contributed by atoms with van der Waals surface area (Å²) in [4.78, 5) is 65.5. The van der Waals surface area contributed by atoms with E-state index in [4.69, 9.17) is 0 Å². The summed E-state index contributed by atoms with van der Waals surface area (Å²) in [5.41, 5.74) is 1.45. The van der Waals surface area contributed by atoms with Gasteiger partial charge in [-0.1, -0.05) is 71.6 Å². The number of thiazole rings is 1. The number of carbonyl (C=O) groups excluding carboxylic acids is 3. The van der Waals surface area contributed by atoms with Gasteiger partial charge in [0.25, 0.3) is 5.69 Å². The van der Waals surface area contributed by atoms with Crippen molar-refractivity contribution in [3.05, 3.63) is 115 Å². The summed E-state index contributed by atoms with van der Waals surface area (Å²) in [6.07, 6.45) is 0. The zero-order valence-corrected chi connectivity index (χ0v) is 22.3. The lowest BCUT2D eigenvalue weighted by atomic mass is 9.83. The van der Waals surface area contributed by atoms with Gasteiger partial charge >= 0.3 is 4.87 Å². The van der Waals surface area contributed by atoms with Crippen LogP contribution in [0.4, 0.5) is 17.1 Å².